The van der Waals surface area contributed by atoms with E-state index in [9.17, 15) is 4.39 Å². The molecule has 0 fully saturated rings. The quantitative estimate of drug-likeness (QED) is 0.751. The normalized spacial score (nSPS) is 11.2. The number of H-pyrrole nitrogens is 1. The average Bonchev–Trinajstić information content (AvgIpc) is 2.94. The zero-order valence-corrected chi connectivity index (χ0v) is 12.6. The summed E-state index contributed by atoms with van der Waals surface area (Å²) in [5.41, 5.74) is 1.48. The lowest BCUT2D eigenvalue weighted by Gasteiger charge is -2.05. The molecule has 0 saturated carbocycles. The van der Waals surface area contributed by atoms with Gasteiger partial charge in [-0.25, -0.2) is 9.37 Å². The maximum Gasteiger partial charge on any atom is 0.178 e. The Balaban J connectivity index is 2.14. The predicted octanol–water partition coefficient (Wildman–Crippen LogP) is 3.66. The Morgan fingerprint density at radius 3 is 2.95 bits per heavy atom. The number of imidazole rings is 1. The SMILES string of the molecule is COc1cc2c(cc1F)[nH]c(=S)n2Cc1cnc(C)s1. The summed E-state index contributed by atoms with van der Waals surface area (Å²) in [7, 11) is 1.45. The van der Waals surface area contributed by atoms with Gasteiger partial charge in [0, 0.05) is 23.2 Å². The van der Waals surface area contributed by atoms with Gasteiger partial charge in [-0.05, 0) is 19.1 Å². The molecule has 0 atom stereocenters. The van der Waals surface area contributed by atoms with Gasteiger partial charge in [0.05, 0.1) is 29.7 Å². The van der Waals surface area contributed by atoms with E-state index in [-0.39, 0.29) is 5.75 Å². The standard InChI is InChI=1S/C13H12FN3OS2/c1-7-15-5-8(20-7)6-17-11-4-12(18-2)9(14)3-10(11)16-13(17)19/h3-5H,6H2,1-2H3,(H,16,19). The van der Waals surface area contributed by atoms with Crippen molar-refractivity contribution >= 4 is 34.6 Å². The monoisotopic (exact) mass is 309 g/mol. The van der Waals surface area contributed by atoms with Crippen LogP contribution in [-0.4, -0.2) is 21.6 Å². The third-order valence-corrected chi connectivity index (χ3v) is 4.25. The number of nitrogens with zero attached hydrogens (tertiary/aromatic N) is 2. The first-order valence-corrected chi connectivity index (χ1v) is 7.18. The largest absolute Gasteiger partial charge is 0.494 e. The third kappa shape index (κ3) is 2.23. The highest BCUT2D eigenvalue weighted by molar-refractivity contribution is 7.71. The number of aromatic nitrogens is 3. The first-order valence-electron chi connectivity index (χ1n) is 5.96. The summed E-state index contributed by atoms with van der Waals surface area (Å²) in [5.74, 6) is -0.197. The van der Waals surface area contributed by atoms with E-state index in [0.717, 1.165) is 15.4 Å². The van der Waals surface area contributed by atoms with Crippen molar-refractivity contribution in [1.29, 1.82) is 0 Å². The number of aryl methyl sites for hydroxylation is 1. The van der Waals surface area contributed by atoms with Crippen molar-refractivity contribution in [2.24, 2.45) is 0 Å². The van der Waals surface area contributed by atoms with Crippen LogP contribution in [0.1, 0.15) is 9.88 Å². The van der Waals surface area contributed by atoms with E-state index >= 15 is 0 Å². The summed E-state index contributed by atoms with van der Waals surface area (Å²) >= 11 is 6.93. The zero-order chi connectivity index (χ0) is 14.3. The number of methoxy groups -OCH3 is 1. The van der Waals surface area contributed by atoms with Crippen molar-refractivity contribution in [3.63, 3.8) is 0 Å². The van der Waals surface area contributed by atoms with Gasteiger partial charge in [-0.3, -0.25) is 0 Å². The van der Waals surface area contributed by atoms with Gasteiger partial charge in [-0.1, -0.05) is 0 Å². The zero-order valence-electron chi connectivity index (χ0n) is 10.9. The Morgan fingerprint density at radius 2 is 2.30 bits per heavy atom. The molecule has 7 heteroatoms. The van der Waals surface area contributed by atoms with Crippen molar-refractivity contribution < 1.29 is 9.13 Å². The summed E-state index contributed by atoms with van der Waals surface area (Å²) < 4.78 is 21.2. The lowest BCUT2D eigenvalue weighted by Crippen LogP contribution is -1.98. The molecular formula is C13H12FN3OS2. The first-order chi connectivity index (χ1) is 9.58. The van der Waals surface area contributed by atoms with Gasteiger partial charge in [-0.2, -0.15) is 0 Å². The highest BCUT2D eigenvalue weighted by Gasteiger charge is 2.11. The van der Waals surface area contributed by atoms with Crippen LogP contribution in [0.3, 0.4) is 0 Å². The summed E-state index contributed by atoms with van der Waals surface area (Å²) in [5, 5.41) is 1.01. The minimum Gasteiger partial charge on any atom is -0.494 e. The highest BCUT2D eigenvalue weighted by atomic mass is 32.1. The van der Waals surface area contributed by atoms with E-state index < -0.39 is 5.82 Å². The topological polar surface area (TPSA) is 42.8 Å². The van der Waals surface area contributed by atoms with E-state index in [1.807, 2.05) is 17.7 Å². The molecule has 3 aromatic rings. The minimum atomic E-state index is -0.406. The van der Waals surface area contributed by atoms with E-state index in [1.165, 1.54) is 13.2 Å². The molecule has 1 aromatic carbocycles. The highest BCUT2D eigenvalue weighted by Crippen LogP contribution is 2.25. The summed E-state index contributed by atoms with van der Waals surface area (Å²) in [6.07, 6.45) is 1.83. The molecule has 3 rings (SSSR count). The molecule has 0 unspecified atom stereocenters. The average molecular weight is 309 g/mol. The molecule has 0 amide bonds. The Hall–Kier alpha value is -1.73. The second kappa shape index (κ2) is 4.99. The second-order valence-corrected chi connectivity index (χ2v) is 6.07. The van der Waals surface area contributed by atoms with Crippen LogP contribution < -0.4 is 4.74 Å². The minimum absolute atomic E-state index is 0.209. The molecule has 0 spiro atoms. The molecule has 20 heavy (non-hydrogen) atoms. The van der Waals surface area contributed by atoms with Crippen LogP contribution in [0, 0.1) is 17.5 Å². The second-order valence-electron chi connectivity index (χ2n) is 4.37. The molecule has 2 heterocycles. The molecule has 104 valence electrons. The molecule has 4 nitrogen and oxygen atoms in total. The number of rotatable bonds is 3. The summed E-state index contributed by atoms with van der Waals surface area (Å²) in [6.45, 7) is 2.57. The molecule has 1 N–H and O–H groups in total. The van der Waals surface area contributed by atoms with Gasteiger partial charge < -0.3 is 14.3 Å². The van der Waals surface area contributed by atoms with Crippen LogP contribution >= 0.6 is 23.6 Å². The predicted molar refractivity (Wildman–Crippen MR) is 79.6 cm³/mol. The van der Waals surface area contributed by atoms with Gasteiger partial charge in [0.2, 0.25) is 0 Å². The number of ether oxygens (including phenoxy) is 1. The van der Waals surface area contributed by atoms with Crippen molar-refractivity contribution in [1.82, 2.24) is 14.5 Å². The van der Waals surface area contributed by atoms with Gasteiger partial charge in [0.15, 0.2) is 16.3 Å². The van der Waals surface area contributed by atoms with Gasteiger partial charge in [-0.15, -0.1) is 11.3 Å². The molecule has 0 radical (unpaired) electrons. The maximum atomic E-state index is 13.7. The number of benzene rings is 1. The van der Waals surface area contributed by atoms with Crippen LogP contribution in [0.25, 0.3) is 11.0 Å². The van der Waals surface area contributed by atoms with Crippen molar-refractivity contribution in [2.75, 3.05) is 7.11 Å². The van der Waals surface area contributed by atoms with Crippen LogP contribution in [0.15, 0.2) is 18.3 Å². The molecule has 0 bridgehead atoms. The van der Waals surface area contributed by atoms with Crippen molar-refractivity contribution in [2.45, 2.75) is 13.5 Å². The number of hydrogen-bond donors (Lipinski definition) is 1. The first kappa shape index (κ1) is 13.3. The smallest absolute Gasteiger partial charge is 0.178 e. The molecule has 2 aromatic heterocycles. The summed E-state index contributed by atoms with van der Waals surface area (Å²) in [4.78, 5) is 8.34. The third-order valence-electron chi connectivity index (χ3n) is 3.03. The maximum absolute atomic E-state index is 13.7. The molecular weight excluding hydrogens is 297 g/mol. The number of nitrogens with one attached hydrogen (secondary N) is 1. The molecule has 0 aliphatic heterocycles. The van der Waals surface area contributed by atoms with E-state index in [1.54, 1.807) is 17.4 Å². The van der Waals surface area contributed by atoms with E-state index in [2.05, 4.69) is 9.97 Å². The van der Waals surface area contributed by atoms with E-state index in [0.29, 0.717) is 16.8 Å². The van der Waals surface area contributed by atoms with Gasteiger partial charge in [0.25, 0.3) is 0 Å². The Labute approximate surface area is 123 Å². The lowest BCUT2D eigenvalue weighted by molar-refractivity contribution is 0.387. The number of fused-ring (bicyclic) bond motifs is 1. The number of halogens is 1. The van der Waals surface area contributed by atoms with Crippen molar-refractivity contribution in [3.05, 3.63) is 38.8 Å². The number of thiazole rings is 1. The van der Waals surface area contributed by atoms with Crippen LogP contribution in [-0.2, 0) is 6.54 Å². The molecule has 0 aliphatic rings. The molecule has 0 saturated heterocycles. The Morgan fingerprint density at radius 1 is 1.50 bits per heavy atom. The molecule has 0 aliphatic carbocycles. The Bertz CT molecular complexity index is 834. The van der Waals surface area contributed by atoms with E-state index in [4.69, 9.17) is 17.0 Å². The van der Waals surface area contributed by atoms with Gasteiger partial charge in [0.1, 0.15) is 0 Å². The van der Waals surface area contributed by atoms with Crippen LogP contribution in [0.5, 0.6) is 5.75 Å². The number of aromatic amines is 1. The Kier molecular flexibility index (Phi) is 3.31. The lowest BCUT2D eigenvalue weighted by atomic mass is 10.3. The van der Waals surface area contributed by atoms with Gasteiger partial charge >= 0.3 is 0 Å². The van der Waals surface area contributed by atoms with Crippen LogP contribution in [0.4, 0.5) is 4.39 Å². The number of hydrogen-bond acceptors (Lipinski definition) is 4. The summed E-state index contributed by atoms with van der Waals surface area (Å²) in [6, 6.07) is 3.06. The fourth-order valence-electron chi connectivity index (χ4n) is 2.11. The fourth-order valence-corrected chi connectivity index (χ4v) is 3.16. The van der Waals surface area contributed by atoms with Crippen molar-refractivity contribution in [3.8, 4) is 5.75 Å². The fraction of sp³-hybridized carbons (Fsp3) is 0.231. The van der Waals surface area contributed by atoms with Crippen LogP contribution in [0.2, 0.25) is 0 Å².